The quantitative estimate of drug-likeness (QED) is 0.645. The van der Waals surface area contributed by atoms with Gasteiger partial charge >= 0.3 is 0 Å². The molecule has 3 rings (SSSR count). The Kier molecular flexibility index (Phi) is 6.53. The standard InChI is InChI=1S/C21H25N3O4S/c1-2-28-16-8-10-17(11-9-16)29(22,27)13-5-12-23-20(25)18-14-15-6-3-4-7-19(15)24-21(18)26/h5,8-11,13-14,22H,2-4,6-7,12H2,1H3,(H,23,25)(H,24,26)/b13-5+. The summed E-state index contributed by atoms with van der Waals surface area (Å²) in [6.07, 6.45) is 5.25. The first-order chi connectivity index (χ1) is 13.9. The third kappa shape index (κ3) is 5.14. The SMILES string of the molecule is CCOc1ccc(S(=N)(=O)/C=C/CNC(=O)c2cc3c([nH]c2=O)CCCC3)cc1. The highest BCUT2D eigenvalue weighted by Crippen LogP contribution is 2.19. The summed E-state index contributed by atoms with van der Waals surface area (Å²) in [4.78, 5) is 27.7. The fraction of sp³-hybridized carbons (Fsp3) is 0.333. The number of hydrogen-bond acceptors (Lipinski definition) is 5. The monoisotopic (exact) mass is 415 g/mol. The highest BCUT2D eigenvalue weighted by molar-refractivity contribution is 7.95. The van der Waals surface area contributed by atoms with Crippen LogP contribution in [0.5, 0.6) is 5.75 Å². The van der Waals surface area contributed by atoms with Crippen LogP contribution in [0.2, 0.25) is 0 Å². The molecule has 1 aromatic carbocycles. The summed E-state index contributed by atoms with van der Waals surface area (Å²) in [5, 5.41) is 3.89. The van der Waals surface area contributed by atoms with Crippen LogP contribution < -0.4 is 15.6 Å². The number of hydrogen-bond donors (Lipinski definition) is 3. The molecule has 29 heavy (non-hydrogen) atoms. The summed E-state index contributed by atoms with van der Waals surface area (Å²) >= 11 is 0. The van der Waals surface area contributed by atoms with Crippen LogP contribution in [0, 0.1) is 4.78 Å². The molecule has 8 heteroatoms. The average Bonchev–Trinajstić information content (AvgIpc) is 2.71. The van der Waals surface area contributed by atoms with Crippen LogP contribution in [0.1, 0.15) is 41.4 Å². The fourth-order valence-electron chi connectivity index (χ4n) is 3.26. The van der Waals surface area contributed by atoms with Gasteiger partial charge in [-0.2, -0.15) is 0 Å². The predicted octanol–water partition coefficient (Wildman–Crippen LogP) is 3.00. The number of pyridine rings is 1. The molecule has 7 nitrogen and oxygen atoms in total. The van der Waals surface area contributed by atoms with Crippen LogP contribution in [0.15, 0.2) is 51.5 Å². The maximum atomic E-state index is 12.6. The summed E-state index contributed by atoms with van der Waals surface area (Å²) in [7, 11) is -3.13. The van der Waals surface area contributed by atoms with E-state index in [1.807, 2.05) is 6.92 Å². The van der Waals surface area contributed by atoms with E-state index < -0.39 is 21.2 Å². The Bertz CT molecular complexity index is 1070. The maximum absolute atomic E-state index is 12.6. The van der Waals surface area contributed by atoms with E-state index in [4.69, 9.17) is 9.52 Å². The van der Waals surface area contributed by atoms with Crippen molar-refractivity contribution in [1.29, 1.82) is 4.78 Å². The molecule has 1 aliphatic carbocycles. The molecule has 1 aromatic heterocycles. The summed E-state index contributed by atoms with van der Waals surface area (Å²) in [5.74, 6) is 0.166. The third-order valence-electron chi connectivity index (χ3n) is 4.74. The number of fused-ring (bicyclic) bond motifs is 1. The first kappa shape index (κ1) is 20.9. The Morgan fingerprint density at radius 2 is 2.00 bits per heavy atom. The first-order valence-corrected chi connectivity index (χ1v) is 11.2. The molecule has 1 unspecified atom stereocenters. The lowest BCUT2D eigenvalue weighted by Gasteiger charge is -2.15. The normalized spacial score (nSPS) is 15.5. The minimum atomic E-state index is -3.13. The van der Waals surface area contributed by atoms with E-state index in [2.05, 4.69) is 10.3 Å². The molecule has 0 saturated carbocycles. The zero-order valence-corrected chi connectivity index (χ0v) is 17.1. The van der Waals surface area contributed by atoms with E-state index in [-0.39, 0.29) is 12.1 Å². The molecule has 0 bridgehead atoms. The summed E-state index contributed by atoms with van der Waals surface area (Å²) in [5.41, 5.74) is 1.62. The molecule has 0 spiro atoms. The van der Waals surface area contributed by atoms with Crippen molar-refractivity contribution in [3.63, 3.8) is 0 Å². The van der Waals surface area contributed by atoms with Gasteiger partial charge < -0.3 is 15.0 Å². The predicted molar refractivity (Wildman–Crippen MR) is 112 cm³/mol. The molecule has 1 amide bonds. The van der Waals surface area contributed by atoms with Gasteiger partial charge in [-0.15, -0.1) is 0 Å². The van der Waals surface area contributed by atoms with Crippen molar-refractivity contribution in [2.75, 3.05) is 13.2 Å². The number of ether oxygens (including phenoxy) is 1. The van der Waals surface area contributed by atoms with Crippen LogP contribution in [0.4, 0.5) is 0 Å². The molecular weight excluding hydrogens is 390 g/mol. The Labute approximate surface area is 170 Å². The van der Waals surface area contributed by atoms with E-state index in [1.54, 1.807) is 30.3 Å². The molecule has 1 atom stereocenters. The molecule has 0 radical (unpaired) electrons. The number of nitrogens with one attached hydrogen (secondary N) is 3. The lowest BCUT2D eigenvalue weighted by Crippen LogP contribution is -2.31. The van der Waals surface area contributed by atoms with Crippen LogP contribution in [-0.4, -0.2) is 28.3 Å². The second kappa shape index (κ2) is 9.09. The highest BCUT2D eigenvalue weighted by Gasteiger charge is 2.16. The van der Waals surface area contributed by atoms with Crippen molar-refractivity contribution in [1.82, 2.24) is 10.3 Å². The van der Waals surface area contributed by atoms with Crippen molar-refractivity contribution in [3.05, 3.63) is 69.0 Å². The molecule has 1 heterocycles. The molecule has 0 aliphatic heterocycles. The molecule has 1 aliphatic rings. The van der Waals surface area contributed by atoms with Crippen molar-refractivity contribution in [3.8, 4) is 5.75 Å². The molecular formula is C21H25N3O4S. The average molecular weight is 416 g/mol. The Morgan fingerprint density at radius 3 is 2.72 bits per heavy atom. The third-order valence-corrected chi connectivity index (χ3v) is 6.28. The molecule has 3 N–H and O–H groups in total. The Morgan fingerprint density at radius 1 is 1.28 bits per heavy atom. The summed E-state index contributed by atoms with van der Waals surface area (Å²) in [6.45, 7) is 2.47. The number of carbonyl (C=O) groups is 1. The maximum Gasteiger partial charge on any atom is 0.261 e. The number of aryl methyl sites for hydroxylation is 2. The first-order valence-electron chi connectivity index (χ1n) is 9.62. The minimum Gasteiger partial charge on any atom is -0.494 e. The number of aromatic nitrogens is 1. The van der Waals surface area contributed by atoms with Gasteiger partial charge in [0.25, 0.3) is 11.5 Å². The van der Waals surface area contributed by atoms with E-state index in [0.29, 0.717) is 17.3 Å². The summed E-state index contributed by atoms with van der Waals surface area (Å²) in [6, 6.07) is 8.20. The van der Waals surface area contributed by atoms with Crippen molar-refractivity contribution in [2.45, 2.75) is 37.5 Å². The fourth-order valence-corrected chi connectivity index (χ4v) is 4.32. The molecule has 0 saturated heterocycles. The van der Waals surface area contributed by atoms with Crippen LogP contribution >= 0.6 is 0 Å². The van der Waals surface area contributed by atoms with Crippen LogP contribution in [0.25, 0.3) is 0 Å². The number of H-pyrrole nitrogens is 1. The van der Waals surface area contributed by atoms with E-state index in [0.717, 1.165) is 36.9 Å². The van der Waals surface area contributed by atoms with Gasteiger partial charge in [-0.1, -0.05) is 6.08 Å². The van der Waals surface area contributed by atoms with E-state index in [1.165, 1.54) is 11.5 Å². The minimum absolute atomic E-state index is 0.0717. The smallest absolute Gasteiger partial charge is 0.261 e. The van der Waals surface area contributed by atoms with E-state index >= 15 is 0 Å². The van der Waals surface area contributed by atoms with Gasteiger partial charge in [0.15, 0.2) is 0 Å². The zero-order valence-electron chi connectivity index (χ0n) is 16.3. The van der Waals surface area contributed by atoms with Crippen molar-refractivity contribution < 1.29 is 13.7 Å². The van der Waals surface area contributed by atoms with Crippen molar-refractivity contribution in [2.24, 2.45) is 0 Å². The van der Waals surface area contributed by atoms with Gasteiger partial charge in [-0.05, 0) is 68.5 Å². The van der Waals surface area contributed by atoms with E-state index in [9.17, 15) is 13.8 Å². The van der Waals surface area contributed by atoms with Gasteiger partial charge in [-0.25, -0.2) is 8.99 Å². The van der Waals surface area contributed by atoms with Gasteiger partial charge in [0.05, 0.1) is 21.2 Å². The van der Waals surface area contributed by atoms with Crippen LogP contribution in [0.3, 0.4) is 0 Å². The van der Waals surface area contributed by atoms with Crippen molar-refractivity contribution >= 4 is 15.6 Å². The zero-order chi connectivity index (χ0) is 20.9. The lowest BCUT2D eigenvalue weighted by atomic mass is 9.95. The highest BCUT2D eigenvalue weighted by atomic mass is 32.2. The molecule has 154 valence electrons. The lowest BCUT2D eigenvalue weighted by molar-refractivity contribution is 0.0956. The number of aromatic amines is 1. The number of carbonyl (C=O) groups excluding carboxylic acids is 1. The second-order valence-electron chi connectivity index (χ2n) is 6.81. The van der Waals surface area contributed by atoms with Gasteiger partial charge in [-0.3, -0.25) is 9.59 Å². The van der Waals surface area contributed by atoms with Crippen LogP contribution in [-0.2, 0) is 22.6 Å². The number of rotatable bonds is 7. The number of benzene rings is 1. The molecule has 2 aromatic rings. The largest absolute Gasteiger partial charge is 0.494 e. The second-order valence-corrected chi connectivity index (χ2v) is 8.75. The summed E-state index contributed by atoms with van der Waals surface area (Å²) < 4.78 is 26.0. The molecule has 0 fully saturated rings. The Balaban J connectivity index is 1.62. The van der Waals surface area contributed by atoms with Gasteiger partial charge in [0, 0.05) is 17.6 Å². The Hall–Kier alpha value is -2.87. The van der Waals surface area contributed by atoms with Gasteiger partial charge in [0.1, 0.15) is 11.3 Å². The number of amides is 1. The van der Waals surface area contributed by atoms with Gasteiger partial charge in [0.2, 0.25) is 0 Å². The topological polar surface area (TPSA) is 112 Å².